The number of rotatable bonds is 6. The first-order chi connectivity index (χ1) is 15.7. The van der Waals surface area contributed by atoms with Crippen molar-refractivity contribution in [2.45, 2.75) is 71.4 Å². The Morgan fingerprint density at radius 1 is 1.09 bits per heavy atom. The average Bonchev–Trinajstić information content (AvgIpc) is 3.26. The summed E-state index contributed by atoms with van der Waals surface area (Å²) in [6.45, 7) is 8.53. The third-order valence-corrected chi connectivity index (χ3v) is 6.21. The Hall–Kier alpha value is -3.15. The minimum atomic E-state index is -0.607. The van der Waals surface area contributed by atoms with Crippen molar-refractivity contribution in [1.82, 2.24) is 15.0 Å². The molecule has 6 heteroatoms. The average molecular weight is 448 g/mol. The molecule has 174 valence electrons. The lowest BCUT2D eigenvalue weighted by atomic mass is 9.87. The summed E-state index contributed by atoms with van der Waals surface area (Å²) < 4.78 is 11.4. The molecule has 4 rings (SSSR count). The fourth-order valence-electron chi connectivity index (χ4n) is 4.18. The normalized spacial score (nSPS) is 14.5. The predicted molar refractivity (Wildman–Crippen MR) is 128 cm³/mol. The number of aromatic nitrogens is 2. The van der Waals surface area contributed by atoms with Crippen LogP contribution in [0, 0.1) is 0 Å². The molecule has 0 radical (unpaired) electrons. The van der Waals surface area contributed by atoms with Crippen LogP contribution in [-0.2, 0) is 29.6 Å². The summed E-state index contributed by atoms with van der Waals surface area (Å²) in [6, 6.07) is 14.3. The number of carbonyl (C=O) groups excluding carboxylic acids is 1. The van der Waals surface area contributed by atoms with Crippen LogP contribution in [0.1, 0.15) is 63.1 Å². The lowest BCUT2D eigenvalue weighted by molar-refractivity contribution is -0.137. The van der Waals surface area contributed by atoms with E-state index in [0.29, 0.717) is 11.7 Å². The van der Waals surface area contributed by atoms with Crippen molar-refractivity contribution in [3.63, 3.8) is 0 Å². The predicted octanol–water partition coefficient (Wildman–Crippen LogP) is 5.34. The lowest BCUT2D eigenvalue weighted by Gasteiger charge is -2.22. The first-order valence-corrected chi connectivity index (χ1v) is 11.7. The van der Waals surface area contributed by atoms with Crippen LogP contribution in [0.5, 0.6) is 5.75 Å². The van der Waals surface area contributed by atoms with Gasteiger partial charge in [-0.05, 0) is 66.8 Å². The van der Waals surface area contributed by atoms with Crippen LogP contribution in [0.2, 0.25) is 0 Å². The van der Waals surface area contributed by atoms with Crippen LogP contribution in [0.4, 0.5) is 0 Å². The molecular formula is C27H33N3O3. The molecule has 0 spiro atoms. The number of ether oxygens (including phenoxy) is 1. The van der Waals surface area contributed by atoms with E-state index in [0.717, 1.165) is 24.2 Å². The van der Waals surface area contributed by atoms with Crippen LogP contribution < -0.4 is 4.74 Å². The molecular weight excluding hydrogens is 414 g/mol. The first kappa shape index (κ1) is 23.0. The molecule has 6 nitrogen and oxygen atoms in total. The summed E-state index contributed by atoms with van der Waals surface area (Å²) >= 11 is 0. The van der Waals surface area contributed by atoms with Gasteiger partial charge < -0.3 is 14.2 Å². The van der Waals surface area contributed by atoms with E-state index < -0.39 is 6.10 Å². The summed E-state index contributed by atoms with van der Waals surface area (Å²) in [5.41, 5.74) is 4.94. The molecule has 1 atom stereocenters. The van der Waals surface area contributed by atoms with Gasteiger partial charge in [0.05, 0.1) is 6.54 Å². The van der Waals surface area contributed by atoms with Crippen molar-refractivity contribution in [3.8, 4) is 17.1 Å². The number of aryl methyl sites for hydroxylation is 2. The number of hydrogen-bond donors (Lipinski definition) is 0. The monoisotopic (exact) mass is 447 g/mol. The minimum Gasteiger partial charge on any atom is -0.481 e. The van der Waals surface area contributed by atoms with Gasteiger partial charge >= 0.3 is 0 Å². The fraction of sp³-hybridized carbons (Fsp3) is 0.444. The number of likely N-dealkylation sites (N-methyl/N-ethyl adjacent to an activating group) is 1. The van der Waals surface area contributed by atoms with Gasteiger partial charge in [0.1, 0.15) is 5.75 Å². The molecule has 1 amide bonds. The molecule has 2 aromatic carbocycles. The topological polar surface area (TPSA) is 68.5 Å². The molecule has 1 heterocycles. The Bertz CT molecular complexity index is 1110. The second-order valence-electron chi connectivity index (χ2n) is 9.93. The van der Waals surface area contributed by atoms with E-state index in [1.54, 1.807) is 18.9 Å². The van der Waals surface area contributed by atoms with Gasteiger partial charge in [0.25, 0.3) is 5.91 Å². The Balaban J connectivity index is 1.36. The van der Waals surface area contributed by atoms with Gasteiger partial charge in [-0.1, -0.05) is 56.3 Å². The highest BCUT2D eigenvalue weighted by atomic mass is 16.5. The number of hydrogen-bond acceptors (Lipinski definition) is 5. The number of amides is 1. The Morgan fingerprint density at radius 2 is 1.79 bits per heavy atom. The van der Waals surface area contributed by atoms with Crippen LogP contribution in [0.25, 0.3) is 11.4 Å². The van der Waals surface area contributed by atoms with E-state index >= 15 is 0 Å². The summed E-state index contributed by atoms with van der Waals surface area (Å²) in [5.74, 6) is 1.51. The summed E-state index contributed by atoms with van der Waals surface area (Å²) in [5, 5.41) is 4.09. The third-order valence-electron chi connectivity index (χ3n) is 6.21. The summed E-state index contributed by atoms with van der Waals surface area (Å²) in [4.78, 5) is 18.9. The van der Waals surface area contributed by atoms with Crippen LogP contribution in [0.15, 0.2) is 47.0 Å². The van der Waals surface area contributed by atoms with Gasteiger partial charge in [-0.15, -0.1) is 0 Å². The number of benzene rings is 2. The SMILES string of the molecule is C[C@H](Oc1ccc2c(c1)CCCC2)C(=O)N(C)Cc1nc(-c2ccc(C(C)(C)C)cc2)no1. The highest BCUT2D eigenvalue weighted by Crippen LogP contribution is 2.27. The Kier molecular flexibility index (Phi) is 6.54. The second kappa shape index (κ2) is 9.38. The summed E-state index contributed by atoms with van der Waals surface area (Å²) in [7, 11) is 1.72. The maximum Gasteiger partial charge on any atom is 0.263 e. The molecule has 0 unspecified atom stereocenters. The standard InChI is InChI=1S/C27H33N3O3/c1-18(32-23-15-12-19-8-6-7-9-21(19)16-23)26(31)30(5)17-24-28-25(29-33-24)20-10-13-22(14-11-20)27(2,3)4/h10-16,18H,6-9,17H2,1-5H3/t18-/m0/s1. The molecule has 0 bridgehead atoms. The quantitative estimate of drug-likeness (QED) is 0.510. The largest absolute Gasteiger partial charge is 0.481 e. The molecule has 1 aliphatic carbocycles. The van der Waals surface area contributed by atoms with Crippen molar-refractivity contribution < 1.29 is 14.1 Å². The smallest absolute Gasteiger partial charge is 0.263 e. The number of nitrogens with zero attached hydrogens (tertiary/aromatic N) is 3. The first-order valence-electron chi connectivity index (χ1n) is 11.7. The van der Waals surface area contributed by atoms with Crippen LogP contribution in [-0.4, -0.2) is 34.1 Å². The van der Waals surface area contributed by atoms with E-state index in [1.165, 1.54) is 29.5 Å². The van der Waals surface area contributed by atoms with Crippen LogP contribution in [0.3, 0.4) is 0 Å². The minimum absolute atomic E-state index is 0.0852. The molecule has 3 aromatic rings. The van der Waals surface area contributed by atoms with E-state index in [2.05, 4.69) is 55.2 Å². The molecule has 0 fully saturated rings. The van der Waals surface area contributed by atoms with Crippen LogP contribution >= 0.6 is 0 Å². The maximum absolute atomic E-state index is 12.9. The maximum atomic E-state index is 12.9. The van der Waals surface area contributed by atoms with Gasteiger partial charge in [0.15, 0.2) is 6.10 Å². The van der Waals surface area contributed by atoms with Crippen molar-refractivity contribution in [2.24, 2.45) is 0 Å². The number of fused-ring (bicyclic) bond motifs is 1. The highest BCUT2D eigenvalue weighted by molar-refractivity contribution is 5.80. The highest BCUT2D eigenvalue weighted by Gasteiger charge is 2.22. The van der Waals surface area contributed by atoms with E-state index in [-0.39, 0.29) is 17.9 Å². The molecule has 0 saturated heterocycles. The summed E-state index contributed by atoms with van der Waals surface area (Å²) in [6.07, 6.45) is 4.05. The lowest BCUT2D eigenvalue weighted by Crippen LogP contribution is -2.37. The fourth-order valence-corrected chi connectivity index (χ4v) is 4.18. The molecule has 1 aromatic heterocycles. The Morgan fingerprint density at radius 3 is 2.48 bits per heavy atom. The van der Waals surface area contributed by atoms with Crippen molar-refractivity contribution in [1.29, 1.82) is 0 Å². The molecule has 1 aliphatic rings. The zero-order chi connectivity index (χ0) is 23.6. The van der Waals surface area contributed by atoms with E-state index in [9.17, 15) is 4.79 Å². The van der Waals surface area contributed by atoms with Gasteiger partial charge in [-0.2, -0.15) is 4.98 Å². The van der Waals surface area contributed by atoms with Gasteiger partial charge in [-0.25, -0.2) is 0 Å². The van der Waals surface area contributed by atoms with E-state index in [1.807, 2.05) is 18.2 Å². The van der Waals surface area contributed by atoms with Crippen molar-refractivity contribution in [2.75, 3.05) is 7.05 Å². The van der Waals surface area contributed by atoms with E-state index in [4.69, 9.17) is 9.26 Å². The number of carbonyl (C=O) groups is 1. The van der Waals surface area contributed by atoms with Crippen molar-refractivity contribution in [3.05, 3.63) is 65.0 Å². The molecule has 0 N–H and O–H groups in total. The third kappa shape index (κ3) is 5.44. The zero-order valence-corrected chi connectivity index (χ0v) is 20.2. The molecule has 33 heavy (non-hydrogen) atoms. The van der Waals surface area contributed by atoms with Crippen molar-refractivity contribution >= 4 is 5.91 Å². The van der Waals surface area contributed by atoms with Gasteiger partial charge in [-0.3, -0.25) is 4.79 Å². The Labute approximate surface area is 196 Å². The van der Waals surface area contributed by atoms with Gasteiger partial charge in [0.2, 0.25) is 11.7 Å². The molecule has 0 saturated carbocycles. The second-order valence-corrected chi connectivity index (χ2v) is 9.93. The van der Waals surface area contributed by atoms with Gasteiger partial charge in [0, 0.05) is 12.6 Å². The zero-order valence-electron chi connectivity index (χ0n) is 20.2. The molecule has 0 aliphatic heterocycles.